The van der Waals surface area contributed by atoms with Crippen molar-refractivity contribution in [3.05, 3.63) is 0 Å². The summed E-state index contributed by atoms with van der Waals surface area (Å²) < 4.78 is 27.2. The average molecular weight is 536 g/mol. The summed E-state index contributed by atoms with van der Waals surface area (Å²) in [4.78, 5) is 0. The molecule has 0 amide bonds. The molecule has 0 rings (SSSR count). The molecule has 0 aromatic heterocycles. The van der Waals surface area contributed by atoms with Gasteiger partial charge in [0.05, 0.1) is 6.61 Å². The van der Waals surface area contributed by atoms with Gasteiger partial charge >= 0.3 is 7.82 Å². The van der Waals surface area contributed by atoms with Crippen LogP contribution in [0.4, 0.5) is 0 Å². The summed E-state index contributed by atoms with van der Waals surface area (Å²) in [6, 6.07) is 0. The first-order valence-corrected chi connectivity index (χ1v) is 16.9. The lowest BCUT2D eigenvalue weighted by atomic mass is 9.90. The van der Waals surface area contributed by atoms with Gasteiger partial charge in [-0.2, -0.15) is 0 Å². The molecule has 3 N–H and O–H groups in total. The lowest BCUT2D eigenvalue weighted by molar-refractivity contribution is 0.147. The summed E-state index contributed by atoms with van der Waals surface area (Å²) in [5.74, 6) is 0.770. The third kappa shape index (κ3) is 25.7. The first-order chi connectivity index (χ1) is 17.1. The predicted molar refractivity (Wildman–Crippen MR) is 158 cm³/mol. The number of hydrogen-bond donors (Lipinski definition) is 1. The highest BCUT2D eigenvalue weighted by Gasteiger charge is 2.22. The quantitative estimate of drug-likeness (QED) is 0.0761. The van der Waals surface area contributed by atoms with Gasteiger partial charge in [-0.3, -0.25) is 13.6 Å². The van der Waals surface area contributed by atoms with Crippen LogP contribution >= 0.6 is 7.82 Å². The van der Waals surface area contributed by atoms with Gasteiger partial charge in [-0.25, -0.2) is 4.57 Å². The lowest BCUT2D eigenvalue weighted by Gasteiger charge is -2.18. The molecule has 0 heterocycles. The van der Waals surface area contributed by atoms with Crippen LogP contribution in [0.1, 0.15) is 168 Å². The van der Waals surface area contributed by atoms with E-state index in [0.717, 1.165) is 18.8 Å². The van der Waals surface area contributed by atoms with E-state index in [4.69, 9.17) is 13.6 Å². The van der Waals surface area contributed by atoms with Crippen molar-refractivity contribution in [2.45, 2.75) is 168 Å². The Balaban J connectivity index is 0. The van der Waals surface area contributed by atoms with E-state index in [1.54, 1.807) is 0 Å². The maximum atomic E-state index is 12.1. The molecule has 0 aliphatic rings. The Morgan fingerprint density at radius 1 is 0.500 bits per heavy atom. The molecular formula is C30H66NO4P. The molecule has 0 bridgehead atoms. The highest BCUT2D eigenvalue weighted by atomic mass is 31.2. The summed E-state index contributed by atoms with van der Waals surface area (Å²) >= 11 is 0. The van der Waals surface area contributed by atoms with Crippen molar-refractivity contribution in [3.8, 4) is 0 Å². The Bertz CT molecular complexity index is 432. The van der Waals surface area contributed by atoms with Gasteiger partial charge in [-0.15, -0.1) is 0 Å². The van der Waals surface area contributed by atoms with Crippen LogP contribution in [-0.2, 0) is 18.1 Å². The van der Waals surface area contributed by atoms with Crippen LogP contribution in [0, 0.1) is 5.92 Å². The van der Waals surface area contributed by atoms with Gasteiger partial charge in [0.1, 0.15) is 0 Å². The zero-order valence-electron chi connectivity index (χ0n) is 25.0. The van der Waals surface area contributed by atoms with Crippen LogP contribution in [0.5, 0.6) is 0 Å². The highest BCUT2D eigenvalue weighted by Crippen LogP contribution is 2.47. The van der Waals surface area contributed by atoms with Crippen molar-refractivity contribution in [1.82, 2.24) is 6.15 Å². The fourth-order valence-corrected chi connectivity index (χ4v) is 5.71. The second-order valence-electron chi connectivity index (χ2n) is 10.6. The monoisotopic (exact) mass is 535 g/mol. The molecule has 0 aromatic rings. The second kappa shape index (κ2) is 29.6. The fourth-order valence-electron chi connectivity index (χ4n) is 5.00. The smallest absolute Gasteiger partial charge is 0.344 e. The maximum absolute atomic E-state index is 12.1. The molecule has 36 heavy (non-hydrogen) atoms. The Hall–Kier alpha value is 0.0700. The SMILES string of the molecule is CCCCCCCCCCCCC(CCCCCCCCCCCC)CCCOP(=O)(OC)OC.N. The number of phosphoric ester groups is 1. The van der Waals surface area contributed by atoms with E-state index in [9.17, 15) is 4.57 Å². The van der Waals surface area contributed by atoms with Crippen LogP contribution in [0.2, 0.25) is 0 Å². The third-order valence-corrected chi connectivity index (χ3v) is 8.78. The summed E-state index contributed by atoms with van der Waals surface area (Å²) in [6.45, 7) is 5.02. The molecule has 6 heteroatoms. The van der Waals surface area contributed by atoms with Crippen LogP contribution in [0.3, 0.4) is 0 Å². The Kier molecular flexibility index (Phi) is 31.4. The molecule has 0 aromatic carbocycles. The van der Waals surface area contributed by atoms with E-state index in [2.05, 4.69) is 13.8 Å². The van der Waals surface area contributed by atoms with Crippen molar-refractivity contribution >= 4 is 7.82 Å². The zero-order valence-corrected chi connectivity index (χ0v) is 25.9. The topological polar surface area (TPSA) is 79.8 Å². The van der Waals surface area contributed by atoms with Crippen LogP contribution in [-0.4, -0.2) is 20.8 Å². The largest absolute Gasteiger partial charge is 0.474 e. The molecule has 0 saturated carbocycles. The van der Waals surface area contributed by atoms with Gasteiger partial charge in [0.2, 0.25) is 0 Å². The molecular weight excluding hydrogens is 469 g/mol. The van der Waals surface area contributed by atoms with Crippen molar-refractivity contribution in [2.24, 2.45) is 5.92 Å². The molecule has 0 aliphatic carbocycles. The minimum Gasteiger partial charge on any atom is -0.344 e. The standard InChI is InChI=1S/C30H63O4P.H3N/c1-5-7-9-11-13-15-17-19-21-23-26-30(28-25-29-34-35(31,32-3)33-4)27-24-22-20-18-16-14-12-10-8-6-2;/h30H,5-29H2,1-4H3;1H3. The van der Waals surface area contributed by atoms with Crippen molar-refractivity contribution in [3.63, 3.8) is 0 Å². The van der Waals surface area contributed by atoms with Gasteiger partial charge in [0, 0.05) is 14.2 Å². The molecule has 0 radical (unpaired) electrons. The Morgan fingerprint density at radius 2 is 0.806 bits per heavy atom. The summed E-state index contributed by atoms with van der Waals surface area (Å²) in [5, 5.41) is 0. The Morgan fingerprint density at radius 3 is 1.14 bits per heavy atom. The minimum absolute atomic E-state index is 0. The second-order valence-corrected chi connectivity index (χ2v) is 12.5. The maximum Gasteiger partial charge on any atom is 0.474 e. The van der Waals surface area contributed by atoms with Gasteiger partial charge in [-0.1, -0.05) is 155 Å². The number of hydrogen-bond acceptors (Lipinski definition) is 5. The highest BCUT2D eigenvalue weighted by molar-refractivity contribution is 7.48. The van der Waals surface area contributed by atoms with E-state index < -0.39 is 7.82 Å². The lowest BCUT2D eigenvalue weighted by Crippen LogP contribution is -2.04. The van der Waals surface area contributed by atoms with E-state index >= 15 is 0 Å². The van der Waals surface area contributed by atoms with Crippen LogP contribution in [0.15, 0.2) is 0 Å². The first-order valence-electron chi connectivity index (χ1n) is 15.5. The molecule has 0 aliphatic heterocycles. The summed E-state index contributed by atoms with van der Waals surface area (Å²) in [5.41, 5.74) is 0. The van der Waals surface area contributed by atoms with Crippen LogP contribution < -0.4 is 6.15 Å². The number of unbranched alkanes of at least 4 members (excludes halogenated alkanes) is 18. The fraction of sp³-hybridized carbons (Fsp3) is 1.00. The molecule has 0 atom stereocenters. The van der Waals surface area contributed by atoms with Gasteiger partial charge < -0.3 is 6.15 Å². The predicted octanol–water partition coefficient (Wildman–Crippen LogP) is 11.6. The van der Waals surface area contributed by atoms with E-state index in [-0.39, 0.29) is 6.15 Å². The van der Waals surface area contributed by atoms with Crippen LogP contribution in [0.25, 0.3) is 0 Å². The Labute approximate surface area is 226 Å². The summed E-state index contributed by atoms with van der Waals surface area (Å²) in [6.07, 6.45) is 32.7. The van der Waals surface area contributed by atoms with E-state index in [1.807, 2.05) is 0 Å². The molecule has 0 saturated heterocycles. The molecule has 0 fully saturated rings. The van der Waals surface area contributed by atoms with E-state index in [1.165, 1.54) is 155 Å². The third-order valence-electron chi connectivity index (χ3n) is 7.39. The first kappa shape index (κ1) is 38.2. The summed E-state index contributed by atoms with van der Waals surface area (Å²) in [7, 11) is -0.577. The van der Waals surface area contributed by atoms with Gasteiger partial charge in [0.25, 0.3) is 0 Å². The minimum atomic E-state index is -3.33. The number of phosphoric acid groups is 1. The molecule has 220 valence electrons. The van der Waals surface area contributed by atoms with Gasteiger partial charge in [-0.05, 0) is 18.8 Å². The van der Waals surface area contributed by atoms with Crippen molar-refractivity contribution in [2.75, 3.05) is 20.8 Å². The molecule has 0 unspecified atom stereocenters. The van der Waals surface area contributed by atoms with Gasteiger partial charge in [0.15, 0.2) is 0 Å². The average Bonchev–Trinajstić information content (AvgIpc) is 2.88. The molecule has 0 spiro atoms. The normalized spacial score (nSPS) is 11.8. The van der Waals surface area contributed by atoms with Crippen molar-refractivity contribution < 1.29 is 18.1 Å². The number of rotatable bonds is 29. The zero-order chi connectivity index (χ0) is 25.9. The van der Waals surface area contributed by atoms with Crippen molar-refractivity contribution in [1.29, 1.82) is 0 Å². The molecule has 5 nitrogen and oxygen atoms in total. The van der Waals surface area contributed by atoms with E-state index in [0.29, 0.717) is 6.61 Å².